The van der Waals surface area contributed by atoms with E-state index in [0.29, 0.717) is 6.54 Å². The van der Waals surface area contributed by atoms with Crippen LogP contribution in [0.4, 0.5) is 0 Å². The van der Waals surface area contributed by atoms with E-state index in [2.05, 4.69) is 38.9 Å². The molecule has 0 saturated heterocycles. The topological polar surface area (TPSA) is 29.1 Å². The monoisotopic (exact) mass is 275 g/mol. The Balaban J connectivity index is 2.41. The largest absolute Gasteiger partial charge is 0.351 e. The second-order valence-corrected chi connectivity index (χ2v) is 5.02. The number of thiophene rings is 1. The lowest BCUT2D eigenvalue weighted by Gasteiger charge is -2.08. The Bertz CT molecular complexity index is 311. The number of hydrogen-bond acceptors (Lipinski definition) is 2. The van der Waals surface area contributed by atoms with Crippen molar-refractivity contribution < 1.29 is 4.79 Å². The first-order chi connectivity index (χ1) is 6.65. The Morgan fingerprint density at radius 2 is 2.36 bits per heavy atom. The average molecular weight is 276 g/mol. The summed E-state index contributed by atoms with van der Waals surface area (Å²) in [6, 6.07) is 0. The first-order valence-corrected chi connectivity index (χ1v) is 6.44. The summed E-state index contributed by atoms with van der Waals surface area (Å²) in [4.78, 5) is 11.4. The van der Waals surface area contributed by atoms with Gasteiger partial charge in [-0.1, -0.05) is 22.9 Å². The number of rotatable bonds is 4. The van der Waals surface area contributed by atoms with Crippen molar-refractivity contribution in [2.75, 3.05) is 0 Å². The van der Waals surface area contributed by atoms with E-state index in [4.69, 9.17) is 0 Å². The van der Waals surface area contributed by atoms with Crippen LogP contribution in [0.3, 0.4) is 0 Å². The Labute approximate surface area is 96.8 Å². The number of aryl methyl sites for hydroxylation is 1. The second kappa shape index (κ2) is 5.51. The van der Waals surface area contributed by atoms with Gasteiger partial charge in [-0.2, -0.15) is 11.3 Å². The summed E-state index contributed by atoms with van der Waals surface area (Å²) in [7, 11) is 0. The van der Waals surface area contributed by atoms with E-state index in [-0.39, 0.29) is 10.7 Å². The van der Waals surface area contributed by atoms with Gasteiger partial charge in [0.25, 0.3) is 0 Å². The molecule has 0 aliphatic rings. The number of carbonyl (C=O) groups excluding carboxylic acids is 1. The number of hydrogen-bond donors (Lipinski definition) is 1. The van der Waals surface area contributed by atoms with Crippen molar-refractivity contribution in [3.05, 3.63) is 21.9 Å². The van der Waals surface area contributed by atoms with Crippen molar-refractivity contribution in [2.24, 2.45) is 0 Å². The maximum atomic E-state index is 11.4. The summed E-state index contributed by atoms with van der Waals surface area (Å²) < 4.78 is 0. The highest BCUT2D eigenvalue weighted by Crippen LogP contribution is 2.13. The molecule has 1 heterocycles. The van der Waals surface area contributed by atoms with Crippen LogP contribution in [0.15, 0.2) is 10.8 Å². The van der Waals surface area contributed by atoms with Crippen LogP contribution in [-0.2, 0) is 11.3 Å². The Morgan fingerprint density at radius 3 is 2.86 bits per heavy atom. The molecule has 14 heavy (non-hydrogen) atoms. The molecule has 1 aromatic rings. The number of nitrogens with one attached hydrogen (secondary N) is 1. The molecule has 1 N–H and O–H groups in total. The molecular weight excluding hydrogens is 262 g/mol. The van der Waals surface area contributed by atoms with Gasteiger partial charge in [-0.3, -0.25) is 4.79 Å². The number of alkyl halides is 1. The van der Waals surface area contributed by atoms with Crippen LogP contribution < -0.4 is 5.32 Å². The summed E-state index contributed by atoms with van der Waals surface area (Å²) in [5.41, 5.74) is 2.46. The van der Waals surface area contributed by atoms with Crippen molar-refractivity contribution in [1.29, 1.82) is 0 Å². The molecule has 2 nitrogen and oxygen atoms in total. The smallest absolute Gasteiger partial charge is 0.234 e. The highest BCUT2D eigenvalue weighted by atomic mass is 79.9. The zero-order valence-electron chi connectivity index (χ0n) is 8.34. The molecule has 0 aliphatic carbocycles. The Kier molecular flexibility index (Phi) is 4.62. The lowest BCUT2D eigenvalue weighted by atomic mass is 10.2. The minimum atomic E-state index is -0.0681. The molecule has 1 aromatic heterocycles. The van der Waals surface area contributed by atoms with Gasteiger partial charge in [-0.05, 0) is 35.2 Å². The highest BCUT2D eigenvalue weighted by molar-refractivity contribution is 9.10. The predicted octanol–water partition coefficient (Wildman–Crippen LogP) is 2.85. The van der Waals surface area contributed by atoms with Gasteiger partial charge in [0.1, 0.15) is 0 Å². The third kappa shape index (κ3) is 3.10. The standard InChI is InChI=1S/C10H14BrNOS/c1-3-9(11)10(13)12-4-8-6-14-5-7(8)2/h5-6,9H,3-4H2,1-2H3,(H,12,13). The van der Waals surface area contributed by atoms with Gasteiger partial charge in [0.05, 0.1) is 4.83 Å². The molecule has 0 spiro atoms. The fourth-order valence-corrected chi connectivity index (χ4v) is 2.07. The third-order valence-corrected chi connectivity index (χ3v) is 4.03. The van der Waals surface area contributed by atoms with Crippen molar-refractivity contribution in [1.82, 2.24) is 5.32 Å². The fourth-order valence-electron chi connectivity index (χ4n) is 1.05. The number of amides is 1. The summed E-state index contributed by atoms with van der Waals surface area (Å²) in [5.74, 6) is 0.0677. The van der Waals surface area contributed by atoms with Crippen LogP contribution in [-0.4, -0.2) is 10.7 Å². The van der Waals surface area contributed by atoms with Crippen LogP contribution in [0, 0.1) is 6.92 Å². The Morgan fingerprint density at radius 1 is 1.64 bits per heavy atom. The van der Waals surface area contributed by atoms with Crippen LogP contribution in [0.5, 0.6) is 0 Å². The molecular formula is C10H14BrNOS. The van der Waals surface area contributed by atoms with Gasteiger partial charge in [0, 0.05) is 6.54 Å². The summed E-state index contributed by atoms with van der Waals surface area (Å²) in [6.07, 6.45) is 0.814. The minimum absolute atomic E-state index is 0.0677. The van der Waals surface area contributed by atoms with Gasteiger partial charge >= 0.3 is 0 Å². The minimum Gasteiger partial charge on any atom is -0.351 e. The maximum absolute atomic E-state index is 11.4. The molecule has 78 valence electrons. The highest BCUT2D eigenvalue weighted by Gasteiger charge is 2.11. The molecule has 0 radical (unpaired) electrons. The molecule has 1 unspecified atom stereocenters. The SMILES string of the molecule is CCC(Br)C(=O)NCc1cscc1C. The van der Waals surface area contributed by atoms with E-state index in [1.54, 1.807) is 11.3 Å². The van der Waals surface area contributed by atoms with Crippen molar-refractivity contribution >= 4 is 33.2 Å². The second-order valence-electron chi connectivity index (χ2n) is 3.17. The lowest BCUT2D eigenvalue weighted by molar-refractivity contribution is -0.120. The van der Waals surface area contributed by atoms with Crippen LogP contribution in [0.1, 0.15) is 24.5 Å². The van der Waals surface area contributed by atoms with Gasteiger partial charge in [0.15, 0.2) is 0 Å². The molecule has 4 heteroatoms. The van der Waals surface area contributed by atoms with Gasteiger partial charge in [0.2, 0.25) is 5.91 Å². The first-order valence-electron chi connectivity index (χ1n) is 4.58. The quantitative estimate of drug-likeness (QED) is 0.842. The Hall–Kier alpha value is -0.350. The van der Waals surface area contributed by atoms with E-state index < -0.39 is 0 Å². The molecule has 1 amide bonds. The zero-order valence-corrected chi connectivity index (χ0v) is 10.7. The van der Waals surface area contributed by atoms with E-state index >= 15 is 0 Å². The molecule has 0 fully saturated rings. The van der Waals surface area contributed by atoms with E-state index in [0.717, 1.165) is 6.42 Å². The molecule has 0 aliphatic heterocycles. The van der Waals surface area contributed by atoms with Crippen LogP contribution >= 0.6 is 27.3 Å². The summed E-state index contributed by atoms with van der Waals surface area (Å²) >= 11 is 4.98. The fraction of sp³-hybridized carbons (Fsp3) is 0.500. The first kappa shape index (κ1) is 11.7. The zero-order chi connectivity index (χ0) is 10.6. The summed E-state index contributed by atoms with van der Waals surface area (Å²) in [6.45, 7) is 4.68. The van der Waals surface area contributed by atoms with Crippen molar-refractivity contribution in [3.63, 3.8) is 0 Å². The van der Waals surface area contributed by atoms with Crippen LogP contribution in [0.2, 0.25) is 0 Å². The number of carbonyl (C=O) groups is 1. The summed E-state index contributed by atoms with van der Waals surface area (Å²) in [5, 5.41) is 7.06. The molecule has 1 rings (SSSR count). The van der Waals surface area contributed by atoms with Crippen molar-refractivity contribution in [2.45, 2.75) is 31.6 Å². The van der Waals surface area contributed by atoms with E-state index in [9.17, 15) is 4.79 Å². The molecule has 1 atom stereocenters. The lowest BCUT2D eigenvalue weighted by Crippen LogP contribution is -2.30. The van der Waals surface area contributed by atoms with Gasteiger partial charge < -0.3 is 5.32 Å². The van der Waals surface area contributed by atoms with Gasteiger partial charge in [-0.15, -0.1) is 0 Å². The van der Waals surface area contributed by atoms with E-state index in [1.807, 2.05) is 6.92 Å². The molecule has 0 bridgehead atoms. The van der Waals surface area contributed by atoms with Gasteiger partial charge in [-0.25, -0.2) is 0 Å². The molecule has 0 saturated carbocycles. The predicted molar refractivity (Wildman–Crippen MR) is 63.9 cm³/mol. The van der Waals surface area contributed by atoms with Crippen molar-refractivity contribution in [3.8, 4) is 0 Å². The molecule has 0 aromatic carbocycles. The third-order valence-electron chi connectivity index (χ3n) is 2.06. The van der Waals surface area contributed by atoms with E-state index in [1.165, 1.54) is 11.1 Å². The van der Waals surface area contributed by atoms with Crippen LogP contribution in [0.25, 0.3) is 0 Å². The maximum Gasteiger partial charge on any atom is 0.234 e. The number of halogens is 1. The average Bonchev–Trinajstić information content (AvgIpc) is 2.59. The normalized spacial score (nSPS) is 12.5.